The van der Waals surface area contributed by atoms with E-state index >= 15 is 0 Å². The highest BCUT2D eigenvalue weighted by Crippen LogP contribution is 2.22. The third kappa shape index (κ3) is 4.74. The van der Waals surface area contributed by atoms with E-state index in [0.717, 1.165) is 51.9 Å². The summed E-state index contributed by atoms with van der Waals surface area (Å²) in [5, 5.41) is 4.19. The molecule has 1 N–H and O–H groups in total. The van der Waals surface area contributed by atoms with Gasteiger partial charge in [-0.05, 0) is 56.2 Å². The highest BCUT2D eigenvalue weighted by atomic mass is 19.1. The van der Waals surface area contributed by atoms with E-state index < -0.39 is 0 Å². The molecule has 0 saturated carbocycles. The maximum Gasteiger partial charge on any atom is 0.250 e. The van der Waals surface area contributed by atoms with Crippen molar-refractivity contribution in [2.45, 2.75) is 38.5 Å². The molecule has 2 aliphatic heterocycles. The van der Waals surface area contributed by atoms with Crippen molar-refractivity contribution < 1.29 is 4.39 Å². The number of nitrogens with one attached hydrogen (secondary N) is 1. The molecular weight excluding hydrogens is 357 g/mol. The van der Waals surface area contributed by atoms with Crippen LogP contribution in [0.5, 0.6) is 0 Å². The molecule has 3 heterocycles. The topological polar surface area (TPSA) is 69.5 Å². The Labute approximate surface area is 164 Å². The maximum atomic E-state index is 13.3. The predicted molar refractivity (Wildman–Crippen MR) is 110 cm³/mol. The minimum absolute atomic E-state index is 0.288. The minimum Gasteiger partial charge on any atom is -0.341 e. The van der Waals surface area contributed by atoms with Gasteiger partial charge < -0.3 is 9.80 Å². The Morgan fingerprint density at radius 1 is 0.857 bits per heavy atom. The highest BCUT2D eigenvalue weighted by Gasteiger charge is 2.20. The summed E-state index contributed by atoms with van der Waals surface area (Å²) < 4.78 is 13.3. The average molecular weight is 383 g/mol. The van der Waals surface area contributed by atoms with Crippen LogP contribution in [0, 0.1) is 5.82 Å². The summed E-state index contributed by atoms with van der Waals surface area (Å²) in [5.41, 5.74) is 3.58. The molecule has 0 spiro atoms. The minimum atomic E-state index is -0.288. The standard InChI is InChI=1S/C20H26FN7/c21-17-9-7-8-16(14-17)15-22-26-18-23-19(27-10-3-1-4-11-27)25-20(24-18)28-12-5-2-6-13-28/h7-9,14-15H,1-6,10-13H2,(H,23,24,25,26)/b22-15-. The van der Waals surface area contributed by atoms with Gasteiger partial charge >= 0.3 is 0 Å². The van der Waals surface area contributed by atoms with Crippen molar-refractivity contribution in [1.82, 2.24) is 15.0 Å². The number of piperidine rings is 2. The van der Waals surface area contributed by atoms with Crippen LogP contribution in [0.2, 0.25) is 0 Å². The number of nitrogens with zero attached hydrogens (tertiary/aromatic N) is 6. The monoisotopic (exact) mass is 383 g/mol. The van der Waals surface area contributed by atoms with Crippen LogP contribution in [0.25, 0.3) is 0 Å². The van der Waals surface area contributed by atoms with Gasteiger partial charge in [0.05, 0.1) is 6.21 Å². The van der Waals surface area contributed by atoms with E-state index in [2.05, 4.69) is 30.3 Å². The number of rotatable bonds is 5. The molecule has 0 amide bonds. The van der Waals surface area contributed by atoms with Crippen LogP contribution in [0.15, 0.2) is 29.4 Å². The molecule has 8 heteroatoms. The first-order valence-electron chi connectivity index (χ1n) is 10.1. The molecule has 7 nitrogen and oxygen atoms in total. The highest BCUT2D eigenvalue weighted by molar-refractivity contribution is 5.79. The fourth-order valence-corrected chi connectivity index (χ4v) is 3.63. The lowest BCUT2D eigenvalue weighted by Gasteiger charge is -2.30. The largest absolute Gasteiger partial charge is 0.341 e. The lowest BCUT2D eigenvalue weighted by atomic mass is 10.1. The molecule has 0 atom stereocenters. The Morgan fingerprint density at radius 3 is 2.04 bits per heavy atom. The summed E-state index contributed by atoms with van der Waals surface area (Å²) in [4.78, 5) is 18.3. The number of benzene rings is 1. The first-order chi connectivity index (χ1) is 13.8. The maximum absolute atomic E-state index is 13.3. The molecule has 1 aromatic heterocycles. The molecule has 2 aromatic rings. The first kappa shape index (κ1) is 18.6. The third-order valence-electron chi connectivity index (χ3n) is 5.12. The summed E-state index contributed by atoms with van der Waals surface area (Å²) in [7, 11) is 0. The van der Waals surface area contributed by atoms with Gasteiger partial charge in [0.2, 0.25) is 17.8 Å². The lowest BCUT2D eigenvalue weighted by Crippen LogP contribution is -2.34. The van der Waals surface area contributed by atoms with E-state index in [-0.39, 0.29) is 5.82 Å². The Bertz CT molecular complexity index is 778. The van der Waals surface area contributed by atoms with Gasteiger partial charge in [0.1, 0.15) is 5.82 Å². The molecule has 28 heavy (non-hydrogen) atoms. The molecule has 2 fully saturated rings. The normalized spacial score (nSPS) is 17.9. The first-order valence-corrected chi connectivity index (χ1v) is 10.1. The molecule has 2 saturated heterocycles. The number of halogens is 1. The Balaban J connectivity index is 1.55. The van der Waals surface area contributed by atoms with Crippen LogP contribution in [0.1, 0.15) is 44.1 Å². The smallest absolute Gasteiger partial charge is 0.250 e. The van der Waals surface area contributed by atoms with E-state index in [1.165, 1.54) is 25.0 Å². The van der Waals surface area contributed by atoms with Gasteiger partial charge in [-0.2, -0.15) is 20.1 Å². The molecule has 0 unspecified atom stereocenters. The molecule has 4 rings (SSSR count). The number of hydrogen-bond acceptors (Lipinski definition) is 7. The van der Waals surface area contributed by atoms with Crippen molar-refractivity contribution in [3.05, 3.63) is 35.6 Å². The quantitative estimate of drug-likeness (QED) is 0.630. The lowest BCUT2D eigenvalue weighted by molar-refractivity contribution is 0.556. The molecule has 1 aromatic carbocycles. The Morgan fingerprint density at radius 2 is 1.46 bits per heavy atom. The zero-order valence-electron chi connectivity index (χ0n) is 16.0. The van der Waals surface area contributed by atoms with Crippen molar-refractivity contribution >= 4 is 24.1 Å². The van der Waals surface area contributed by atoms with E-state index in [0.29, 0.717) is 23.4 Å². The van der Waals surface area contributed by atoms with E-state index in [9.17, 15) is 4.39 Å². The summed E-state index contributed by atoms with van der Waals surface area (Å²) in [6.45, 7) is 3.87. The third-order valence-corrected chi connectivity index (χ3v) is 5.12. The second-order valence-electron chi connectivity index (χ2n) is 7.28. The summed E-state index contributed by atoms with van der Waals surface area (Å²) in [6.07, 6.45) is 8.70. The zero-order valence-corrected chi connectivity index (χ0v) is 16.0. The fraction of sp³-hybridized carbons (Fsp3) is 0.500. The van der Waals surface area contributed by atoms with Crippen LogP contribution >= 0.6 is 0 Å². The van der Waals surface area contributed by atoms with Gasteiger partial charge in [-0.3, -0.25) is 0 Å². The fourth-order valence-electron chi connectivity index (χ4n) is 3.63. The number of hydrogen-bond donors (Lipinski definition) is 1. The molecule has 0 radical (unpaired) electrons. The van der Waals surface area contributed by atoms with Gasteiger partial charge in [0, 0.05) is 26.2 Å². The summed E-state index contributed by atoms with van der Waals surface area (Å²) in [5.74, 6) is 1.55. The van der Waals surface area contributed by atoms with E-state index in [4.69, 9.17) is 4.98 Å². The van der Waals surface area contributed by atoms with Gasteiger partial charge in [0.25, 0.3) is 0 Å². The van der Waals surface area contributed by atoms with Crippen LogP contribution in [0.4, 0.5) is 22.2 Å². The van der Waals surface area contributed by atoms with E-state index in [1.807, 2.05) is 0 Å². The van der Waals surface area contributed by atoms with Crippen molar-refractivity contribution in [3.63, 3.8) is 0 Å². The predicted octanol–water partition coefficient (Wildman–Crippen LogP) is 3.44. The van der Waals surface area contributed by atoms with Gasteiger partial charge in [-0.25, -0.2) is 9.82 Å². The molecule has 148 valence electrons. The Kier molecular flexibility index (Phi) is 5.94. The van der Waals surface area contributed by atoms with Crippen molar-refractivity contribution in [1.29, 1.82) is 0 Å². The average Bonchev–Trinajstić information content (AvgIpc) is 2.75. The van der Waals surface area contributed by atoms with Gasteiger partial charge in [-0.1, -0.05) is 12.1 Å². The Hall–Kier alpha value is -2.77. The molecule has 2 aliphatic rings. The van der Waals surface area contributed by atoms with Gasteiger partial charge in [-0.15, -0.1) is 0 Å². The zero-order chi connectivity index (χ0) is 19.2. The van der Waals surface area contributed by atoms with Crippen LogP contribution in [0.3, 0.4) is 0 Å². The molecular formula is C20H26FN7. The summed E-state index contributed by atoms with van der Waals surface area (Å²) in [6, 6.07) is 6.28. The second kappa shape index (κ2) is 8.95. The number of aromatic nitrogens is 3. The van der Waals surface area contributed by atoms with Gasteiger partial charge in [0.15, 0.2) is 0 Å². The number of hydrazone groups is 1. The van der Waals surface area contributed by atoms with E-state index in [1.54, 1.807) is 18.3 Å². The van der Waals surface area contributed by atoms with Crippen LogP contribution in [-0.2, 0) is 0 Å². The van der Waals surface area contributed by atoms with Crippen molar-refractivity contribution in [2.24, 2.45) is 5.10 Å². The second-order valence-corrected chi connectivity index (χ2v) is 7.28. The summed E-state index contributed by atoms with van der Waals surface area (Å²) >= 11 is 0. The number of anilines is 3. The SMILES string of the molecule is Fc1cccc(/C=N\Nc2nc(N3CCCCC3)nc(N3CCCCC3)n2)c1. The molecule has 0 bridgehead atoms. The van der Waals surface area contributed by atoms with Crippen molar-refractivity contribution in [3.8, 4) is 0 Å². The van der Waals surface area contributed by atoms with Crippen molar-refractivity contribution in [2.75, 3.05) is 41.4 Å². The van der Waals surface area contributed by atoms with Crippen LogP contribution < -0.4 is 15.2 Å². The van der Waals surface area contributed by atoms with Crippen LogP contribution in [-0.4, -0.2) is 47.3 Å². The molecule has 0 aliphatic carbocycles.